The van der Waals surface area contributed by atoms with E-state index < -0.39 is 0 Å². The van der Waals surface area contributed by atoms with E-state index in [1.54, 1.807) is 0 Å². The molecule has 0 saturated carbocycles. The van der Waals surface area contributed by atoms with Gasteiger partial charge in [0.05, 0.1) is 17.6 Å². The Hall–Kier alpha value is -1.87. The molecule has 0 unspecified atom stereocenters. The lowest BCUT2D eigenvalue weighted by Crippen LogP contribution is -2.13. The topological polar surface area (TPSA) is 42.1 Å². The summed E-state index contributed by atoms with van der Waals surface area (Å²) >= 11 is 0. The molecule has 0 saturated heterocycles. The smallest absolute Gasteiger partial charge is 0.0594 e. The molecule has 1 heterocycles. The second kappa shape index (κ2) is 5.85. The van der Waals surface area contributed by atoms with E-state index >= 15 is 0 Å². The van der Waals surface area contributed by atoms with Crippen LogP contribution in [0.25, 0.3) is 0 Å². The van der Waals surface area contributed by atoms with Gasteiger partial charge in [0.2, 0.25) is 0 Å². The van der Waals surface area contributed by atoms with Gasteiger partial charge in [0, 0.05) is 18.8 Å². The van der Waals surface area contributed by atoms with Crippen LogP contribution in [0.15, 0.2) is 42.6 Å². The Morgan fingerprint density at radius 2 is 2.00 bits per heavy atom. The highest BCUT2D eigenvalue weighted by molar-refractivity contribution is 5.62. The van der Waals surface area contributed by atoms with E-state index in [-0.39, 0.29) is 6.04 Å². The predicted octanol–water partition coefficient (Wildman–Crippen LogP) is 3.57. The number of aryl methyl sites for hydroxylation is 1. The third-order valence-electron chi connectivity index (χ3n) is 3.37. The fourth-order valence-electron chi connectivity index (χ4n) is 2.01. The Morgan fingerprint density at radius 3 is 2.58 bits per heavy atom. The molecule has 100 valence electrons. The molecule has 0 fully saturated rings. The summed E-state index contributed by atoms with van der Waals surface area (Å²) in [7, 11) is 2.05. The fraction of sp³-hybridized carbons (Fsp3) is 0.312. The van der Waals surface area contributed by atoms with Gasteiger partial charge in [0.1, 0.15) is 0 Å². The van der Waals surface area contributed by atoms with Crippen LogP contribution in [-0.4, -0.2) is 12.0 Å². The standard InChI is InChI=1S/C16H21N3/c1-4-15(17)16-9-8-14(11-18-16)19(3)13-7-5-6-12(2)10-13/h5-11,15H,4,17H2,1-3H3/t15-/m1/s1. The Balaban J connectivity index is 2.22. The molecule has 0 radical (unpaired) electrons. The van der Waals surface area contributed by atoms with Crippen molar-refractivity contribution in [2.45, 2.75) is 26.3 Å². The molecular formula is C16H21N3. The summed E-state index contributed by atoms with van der Waals surface area (Å²) < 4.78 is 0. The number of nitrogens with zero attached hydrogens (tertiary/aromatic N) is 2. The van der Waals surface area contributed by atoms with E-state index in [2.05, 4.69) is 54.1 Å². The second-order valence-electron chi connectivity index (χ2n) is 4.85. The van der Waals surface area contributed by atoms with Crippen LogP contribution in [-0.2, 0) is 0 Å². The summed E-state index contributed by atoms with van der Waals surface area (Å²) in [5, 5.41) is 0. The Kier molecular flexibility index (Phi) is 4.17. The molecule has 0 aliphatic rings. The lowest BCUT2D eigenvalue weighted by Gasteiger charge is -2.20. The molecule has 0 bridgehead atoms. The van der Waals surface area contributed by atoms with Crippen molar-refractivity contribution in [2.24, 2.45) is 5.73 Å². The van der Waals surface area contributed by atoms with E-state index in [1.165, 1.54) is 5.56 Å². The molecular weight excluding hydrogens is 234 g/mol. The van der Waals surface area contributed by atoms with Gasteiger partial charge < -0.3 is 10.6 Å². The molecule has 0 aliphatic heterocycles. The molecule has 2 aromatic rings. The van der Waals surface area contributed by atoms with Crippen molar-refractivity contribution in [3.63, 3.8) is 0 Å². The van der Waals surface area contributed by atoms with Crippen LogP contribution in [0.5, 0.6) is 0 Å². The highest BCUT2D eigenvalue weighted by Gasteiger charge is 2.07. The largest absolute Gasteiger partial charge is 0.343 e. The van der Waals surface area contributed by atoms with E-state index in [9.17, 15) is 0 Å². The number of rotatable bonds is 4. The van der Waals surface area contributed by atoms with Gasteiger partial charge in [0.25, 0.3) is 0 Å². The minimum absolute atomic E-state index is 0.0262. The van der Waals surface area contributed by atoms with Gasteiger partial charge in [-0.25, -0.2) is 0 Å². The third-order valence-corrected chi connectivity index (χ3v) is 3.37. The van der Waals surface area contributed by atoms with Gasteiger partial charge in [0.15, 0.2) is 0 Å². The highest BCUT2D eigenvalue weighted by atomic mass is 15.1. The van der Waals surface area contributed by atoms with E-state index in [0.29, 0.717) is 0 Å². The lowest BCUT2D eigenvalue weighted by molar-refractivity contribution is 0.675. The van der Waals surface area contributed by atoms with Gasteiger partial charge in [-0.3, -0.25) is 4.98 Å². The quantitative estimate of drug-likeness (QED) is 0.908. The van der Waals surface area contributed by atoms with Crippen molar-refractivity contribution in [2.75, 3.05) is 11.9 Å². The first-order valence-electron chi connectivity index (χ1n) is 6.63. The molecule has 3 heteroatoms. The molecule has 0 amide bonds. The van der Waals surface area contributed by atoms with Gasteiger partial charge in [-0.15, -0.1) is 0 Å². The van der Waals surface area contributed by atoms with E-state index in [0.717, 1.165) is 23.5 Å². The first-order valence-corrected chi connectivity index (χ1v) is 6.63. The van der Waals surface area contributed by atoms with Crippen molar-refractivity contribution in [1.29, 1.82) is 0 Å². The SMILES string of the molecule is CC[C@@H](N)c1ccc(N(C)c2cccc(C)c2)cn1. The van der Waals surface area contributed by atoms with Gasteiger partial charge in [-0.1, -0.05) is 19.1 Å². The maximum Gasteiger partial charge on any atom is 0.0594 e. The molecule has 2 N–H and O–H groups in total. The first kappa shape index (κ1) is 13.6. The van der Waals surface area contributed by atoms with Crippen LogP contribution in [0.1, 0.15) is 30.6 Å². The van der Waals surface area contributed by atoms with E-state index in [1.807, 2.05) is 19.3 Å². The van der Waals surface area contributed by atoms with Crippen LogP contribution in [0, 0.1) is 6.92 Å². The average Bonchev–Trinajstić information content (AvgIpc) is 2.46. The molecule has 1 atom stereocenters. The zero-order valence-electron chi connectivity index (χ0n) is 11.8. The zero-order chi connectivity index (χ0) is 13.8. The van der Waals surface area contributed by atoms with Crippen LogP contribution in [0.3, 0.4) is 0 Å². The van der Waals surface area contributed by atoms with Gasteiger partial charge >= 0.3 is 0 Å². The first-order chi connectivity index (χ1) is 9.11. The molecule has 19 heavy (non-hydrogen) atoms. The molecule has 3 nitrogen and oxygen atoms in total. The van der Waals surface area contributed by atoms with Crippen LogP contribution < -0.4 is 10.6 Å². The van der Waals surface area contributed by atoms with Crippen molar-refractivity contribution >= 4 is 11.4 Å². The Bertz CT molecular complexity index is 534. The third kappa shape index (κ3) is 3.12. The predicted molar refractivity (Wildman–Crippen MR) is 80.7 cm³/mol. The fourth-order valence-corrected chi connectivity index (χ4v) is 2.01. The Labute approximate surface area is 115 Å². The molecule has 1 aromatic heterocycles. The summed E-state index contributed by atoms with van der Waals surface area (Å²) in [4.78, 5) is 6.58. The van der Waals surface area contributed by atoms with Gasteiger partial charge in [-0.2, -0.15) is 0 Å². The normalized spacial score (nSPS) is 12.2. The van der Waals surface area contributed by atoms with Crippen molar-refractivity contribution < 1.29 is 0 Å². The van der Waals surface area contributed by atoms with Crippen molar-refractivity contribution in [1.82, 2.24) is 4.98 Å². The number of aromatic nitrogens is 1. The molecule has 1 aromatic carbocycles. The molecule has 0 spiro atoms. The minimum Gasteiger partial charge on any atom is -0.343 e. The molecule has 0 aliphatic carbocycles. The van der Waals surface area contributed by atoms with Crippen molar-refractivity contribution in [3.05, 3.63) is 53.9 Å². The summed E-state index contributed by atoms with van der Waals surface area (Å²) in [6.07, 6.45) is 2.78. The maximum absolute atomic E-state index is 5.98. The lowest BCUT2D eigenvalue weighted by atomic mass is 10.1. The van der Waals surface area contributed by atoms with Gasteiger partial charge in [-0.05, 0) is 43.2 Å². The number of anilines is 2. The second-order valence-corrected chi connectivity index (χ2v) is 4.85. The monoisotopic (exact) mass is 255 g/mol. The van der Waals surface area contributed by atoms with Crippen LogP contribution in [0.4, 0.5) is 11.4 Å². The number of pyridine rings is 1. The van der Waals surface area contributed by atoms with E-state index in [4.69, 9.17) is 5.73 Å². The highest BCUT2D eigenvalue weighted by Crippen LogP contribution is 2.24. The van der Waals surface area contributed by atoms with Crippen LogP contribution >= 0.6 is 0 Å². The summed E-state index contributed by atoms with van der Waals surface area (Å²) in [5.41, 5.74) is 10.4. The number of benzene rings is 1. The molecule has 2 rings (SSSR count). The minimum atomic E-state index is 0.0262. The summed E-state index contributed by atoms with van der Waals surface area (Å²) in [5.74, 6) is 0. The summed E-state index contributed by atoms with van der Waals surface area (Å²) in [6, 6.07) is 12.5. The zero-order valence-corrected chi connectivity index (χ0v) is 11.8. The van der Waals surface area contributed by atoms with Crippen LogP contribution in [0.2, 0.25) is 0 Å². The number of hydrogen-bond acceptors (Lipinski definition) is 3. The average molecular weight is 255 g/mol. The summed E-state index contributed by atoms with van der Waals surface area (Å²) in [6.45, 7) is 4.16. The Morgan fingerprint density at radius 1 is 1.21 bits per heavy atom. The number of nitrogens with two attached hydrogens (primary N) is 1. The van der Waals surface area contributed by atoms with Crippen molar-refractivity contribution in [3.8, 4) is 0 Å². The number of hydrogen-bond donors (Lipinski definition) is 1. The maximum atomic E-state index is 5.98.